The first-order valence-electron chi connectivity index (χ1n) is 5.44. The number of anilines is 1. The Bertz CT molecular complexity index is 580. The zero-order valence-corrected chi connectivity index (χ0v) is 11.3. The van der Waals surface area contributed by atoms with Gasteiger partial charge in [0.1, 0.15) is 11.6 Å². The third-order valence-corrected chi connectivity index (χ3v) is 3.18. The van der Waals surface area contributed by atoms with Crippen molar-refractivity contribution in [2.45, 2.75) is 13.3 Å². The number of benzene rings is 1. The molecule has 18 heavy (non-hydrogen) atoms. The van der Waals surface area contributed by atoms with Gasteiger partial charge in [-0.3, -0.25) is 4.79 Å². The fourth-order valence-corrected chi connectivity index (χ4v) is 1.95. The van der Waals surface area contributed by atoms with Gasteiger partial charge in [0.15, 0.2) is 0 Å². The molecule has 1 heterocycles. The molecule has 0 bridgehead atoms. The predicted octanol–water partition coefficient (Wildman–Crippen LogP) is 4.00. The molecule has 1 aromatic heterocycles. The number of hydrogen-bond donors (Lipinski definition) is 1. The number of aryl methyl sites for hydroxylation is 1. The van der Waals surface area contributed by atoms with Crippen LogP contribution < -0.4 is 5.32 Å². The van der Waals surface area contributed by atoms with Gasteiger partial charge in [-0.1, -0.05) is 6.92 Å². The van der Waals surface area contributed by atoms with Crippen molar-refractivity contribution >= 4 is 27.5 Å². The molecule has 2 aromatic rings. The highest BCUT2D eigenvalue weighted by Gasteiger charge is 2.14. The molecule has 0 spiro atoms. The van der Waals surface area contributed by atoms with Crippen molar-refractivity contribution in [1.29, 1.82) is 0 Å². The van der Waals surface area contributed by atoms with Gasteiger partial charge in [0.25, 0.3) is 5.91 Å². The van der Waals surface area contributed by atoms with E-state index >= 15 is 0 Å². The second-order valence-corrected chi connectivity index (χ2v) is 4.54. The monoisotopic (exact) mass is 311 g/mol. The Morgan fingerprint density at radius 3 is 2.94 bits per heavy atom. The first kappa shape index (κ1) is 12.8. The third-order valence-electron chi connectivity index (χ3n) is 2.49. The molecular formula is C13H11BrFNO2. The predicted molar refractivity (Wildman–Crippen MR) is 70.1 cm³/mol. The van der Waals surface area contributed by atoms with Crippen molar-refractivity contribution in [3.8, 4) is 0 Å². The number of furan rings is 1. The highest BCUT2D eigenvalue weighted by molar-refractivity contribution is 9.10. The summed E-state index contributed by atoms with van der Waals surface area (Å²) in [5.74, 6) is -0.108. The van der Waals surface area contributed by atoms with E-state index in [4.69, 9.17) is 4.42 Å². The standard InChI is InChI=1S/C13H11BrFNO2/c1-2-12-9(5-6-18-12)13(17)16-11-7-8(15)3-4-10(11)14/h3-7H,2H2,1H3,(H,16,17). The van der Waals surface area contributed by atoms with Gasteiger partial charge in [0.2, 0.25) is 0 Å². The molecule has 1 aromatic carbocycles. The van der Waals surface area contributed by atoms with Crippen LogP contribution in [0.25, 0.3) is 0 Å². The smallest absolute Gasteiger partial charge is 0.259 e. The molecule has 0 aliphatic rings. The van der Waals surface area contributed by atoms with Crippen LogP contribution in [-0.4, -0.2) is 5.91 Å². The largest absolute Gasteiger partial charge is 0.469 e. The Hall–Kier alpha value is -1.62. The van der Waals surface area contributed by atoms with Crippen molar-refractivity contribution in [1.82, 2.24) is 0 Å². The topological polar surface area (TPSA) is 42.2 Å². The Balaban J connectivity index is 2.24. The average Bonchev–Trinajstić information content (AvgIpc) is 2.82. The maximum atomic E-state index is 13.1. The zero-order chi connectivity index (χ0) is 13.1. The first-order valence-corrected chi connectivity index (χ1v) is 6.24. The van der Waals surface area contributed by atoms with Crippen LogP contribution in [0.5, 0.6) is 0 Å². The van der Waals surface area contributed by atoms with Gasteiger partial charge >= 0.3 is 0 Å². The molecule has 5 heteroatoms. The summed E-state index contributed by atoms with van der Waals surface area (Å²) in [6, 6.07) is 5.71. The lowest BCUT2D eigenvalue weighted by Gasteiger charge is -2.07. The van der Waals surface area contributed by atoms with E-state index in [1.54, 1.807) is 12.1 Å². The Morgan fingerprint density at radius 2 is 2.22 bits per heavy atom. The summed E-state index contributed by atoms with van der Waals surface area (Å²) in [5, 5.41) is 2.64. The summed E-state index contributed by atoms with van der Waals surface area (Å²) >= 11 is 3.25. The lowest BCUT2D eigenvalue weighted by molar-refractivity contribution is 0.102. The summed E-state index contributed by atoms with van der Waals surface area (Å²) in [7, 11) is 0. The Morgan fingerprint density at radius 1 is 1.44 bits per heavy atom. The van der Waals surface area contributed by atoms with E-state index in [-0.39, 0.29) is 5.91 Å². The molecule has 0 saturated heterocycles. The highest BCUT2D eigenvalue weighted by Crippen LogP contribution is 2.24. The summed E-state index contributed by atoms with van der Waals surface area (Å²) in [6.45, 7) is 1.90. The van der Waals surface area contributed by atoms with Crippen molar-refractivity contribution < 1.29 is 13.6 Å². The maximum Gasteiger partial charge on any atom is 0.259 e. The molecule has 0 aliphatic heterocycles. The van der Waals surface area contributed by atoms with E-state index in [2.05, 4.69) is 21.2 Å². The molecule has 0 aliphatic carbocycles. The van der Waals surface area contributed by atoms with Gasteiger partial charge in [-0.05, 0) is 40.2 Å². The van der Waals surface area contributed by atoms with Crippen LogP contribution in [0.15, 0.2) is 39.4 Å². The minimum absolute atomic E-state index is 0.313. The van der Waals surface area contributed by atoms with Crippen molar-refractivity contribution in [3.05, 3.63) is 52.1 Å². The molecule has 0 unspecified atom stereocenters. The second kappa shape index (κ2) is 5.35. The summed E-state index contributed by atoms with van der Waals surface area (Å²) in [6.07, 6.45) is 2.09. The van der Waals surface area contributed by atoms with Crippen LogP contribution in [0.1, 0.15) is 23.0 Å². The molecule has 0 saturated carbocycles. The number of rotatable bonds is 3. The molecule has 3 nitrogen and oxygen atoms in total. The Kier molecular flexibility index (Phi) is 3.81. The SMILES string of the molecule is CCc1occc1C(=O)Nc1cc(F)ccc1Br. The van der Waals surface area contributed by atoms with Crippen molar-refractivity contribution in [2.75, 3.05) is 5.32 Å². The molecule has 1 N–H and O–H groups in total. The van der Waals surface area contributed by atoms with E-state index in [1.807, 2.05) is 6.92 Å². The summed E-state index contributed by atoms with van der Waals surface area (Å²) in [5.41, 5.74) is 0.858. The number of carbonyl (C=O) groups excluding carboxylic acids is 1. The normalized spacial score (nSPS) is 10.4. The first-order chi connectivity index (χ1) is 8.61. The lowest BCUT2D eigenvalue weighted by Crippen LogP contribution is -2.13. The van der Waals surface area contributed by atoms with Gasteiger partial charge in [0, 0.05) is 10.9 Å². The fraction of sp³-hybridized carbons (Fsp3) is 0.154. The lowest BCUT2D eigenvalue weighted by atomic mass is 10.2. The van der Waals surface area contributed by atoms with E-state index in [9.17, 15) is 9.18 Å². The van der Waals surface area contributed by atoms with E-state index in [0.717, 1.165) is 0 Å². The number of carbonyl (C=O) groups is 1. The van der Waals surface area contributed by atoms with Crippen LogP contribution in [0, 0.1) is 5.82 Å². The third kappa shape index (κ3) is 2.61. The van der Waals surface area contributed by atoms with Gasteiger partial charge in [-0.2, -0.15) is 0 Å². The molecule has 0 atom stereocenters. The van der Waals surface area contributed by atoms with Crippen molar-refractivity contribution in [2.24, 2.45) is 0 Å². The minimum atomic E-state index is -0.406. The maximum absolute atomic E-state index is 13.1. The molecule has 0 radical (unpaired) electrons. The Labute approximate surface area is 112 Å². The quantitative estimate of drug-likeness (QED) is 0.931. The van der Waals surface area contributed by atoms with E-state index in [1.165, 1.54) is 18.4 Å². The van der Waals surface area contributed by atoms with Crippen LogP contribution in [0.3, 0.4) is 0 Å². The van der Waals surface area contributed by atoms with Gasteiger partial charge < -0.3 is 9.73 Å². The number of nitrogens with one attached hydrogen (secondary N) is 1. The van der Waals surface area contributed by atoms with E-state index < -0.39 is 5.82 Å². The number of hydrogen-bond acceptors (Lipinski definition) is 2. The van der Waals surface area contributed by atoms with Crippen LogP contribution >= 0.6 is 15.9 Å². The van der Waals surface area contributed by atoms with E-state index in [0.29, 0.717) is 27.9 Å². The zero-order valence-electron chi connectivity index (χ0n) is 9.67. The number of amides is 1. The van der Waals surface area contributed by atoms with Gasteiger partial charge in [-0.15, -0.1) is 0 Å². The highest BCUT2D eigenvalue weighted by atomic mass is 79.9. The number of halogens is 2. The van der Waals surface area contributed by atoms with Gasteiger partial charge in [-0.25, -0.2) is 4.39 Å². The van der Waals surface area contributed by atoms with Crippen LogP contribution in [0.2, 0.25) is 0 Å². The van der Waals surface area contributed by atoms with Crippen LogP contribution in [0.4, 0.5) is 10.1 Å². The summed E-state index contributed by atoms with van der Waals surface area (Å²) < 4.78 is 18.9. The molecule has 1 amide bonds. The van der Waals surface area contributed by atoms with Crippen LogP contribution in [-0.2, 0) is 6.42 Å². The van der Waals surface area contributed by atoms with Crippen molar-refractivity contribution in [3.63, 3.8) is 0 Å². The molecule has 94 valence electrons. The molecule has 0 fully saturated rings. The molecular weight excluding hydrogens is 301 g/mol. The summed E-state index contributed by atoms with van der Waals surface area (Å²) in [4.78, 5) is 12.0. The minimum Gasteiger partial charge on any atom is -0.469 e. The fourth-order valence-electron chi connectivity index (χ4n) is 1.60. The van der Waals surface area contributed by atoms with Gasteiger partial charge in [0.05, 0.1) is 17.5 Å². The molecule has 2 rings (SSSR count). The average molecular weight is 312 g/mol. The second-order valence-electron chi connectivity index (χ2n) is 3.69.